The van der Waals surface area contributed by atoms with E-state index in [1.165, 1.54) is 0 Å². The molecule has 1 aromatic carbocycles. The van der Waals surface area contributed by atoms with Gasteiger partial charge in [-0.25, -0.2) is 4.98 Å². The van der Waals surface area contributed by atoms with E-state index in [0.29, 0.717) is 18.0 Å². The molecule has 7 nitrogen and oxygen atoms in total. The van der Waals surface area contributed by atoms with E-state index < -0.39 is 0 Å². The second-order valence-electron chi connectivity index (χ2n) is 4.48. The normalized spacial score (nSPS) is 12.8. The summed E-state index contributed by atoms with van der Waals surface area (Å²) in [5, 5.41) is 3.37. The Morgan fingerprint density at radius 3 is 3.10 bits per heavy atom. The molecule has 1 aliphatic rings. The number of ether oxygens (including phenoxy) is 2. The minimum absolute atomic E-state index is 0.155. The second kappa shape index (κ2) is 4.78. The molecule has 3 heterocycles. The Morgan fingerprint density at radius 2 is 2.14 bits per heavy atom. The zero-order valence-corrected chi connectivity index (χ0v) is 11.5. The van der Waals surface area contributed by atoms with Crippen molar-refractivity contribution in [2.24, 2.45) is 0 Å². The summed E-state index contributed by atoms with van der Waals surface area (Å²) in [5.41, 5.74) is 2.30. The molecule has 4 rings (SSSR count). The van der Waals surface area contributed by atoms with Crippen LogP contribution in [-0.4, -0.2) is 26.7 Å². The van der Waals surface area contributed by atoms with Crippen LogP contribution < -0.4 is 14.8 Å². The standard InChI is InChI=1S/C13H10ClN5O2/c14-13-18-11(10-12(19-13)17-5-16-10)15-4-7-1-2-8-9(3-7)21-6-20-8/h1-3,5H,4,6H2,(H2,15,16,17,18,19). The second-order valence-corrected chi connectivity index (χ2v) is 4.82. The number of fused-ring (bicyclic) bond motifs is 2. The van der Waals surface area contributed by atoms with Crippen molar-refractivity contribution in [1.29, 1.82) is 0 Å². The summed E-state index contributed by atoms with van der Waals surface area (Å²) in [6, 6.07) is 5.79. The maximum Gasteiger partial charge on any atom is 0.231 e. The van der Waals surface area contributed by atoms with Crippen LogP contribution in [-0.2, 0) is 6.54 Å². The minimum atomic E-state index is 0.155. The molecular formula is C13H10ClN5O2. The van der Waals surface area contributed by atoms with Crippen molar-refractivity contribution >= 4 is 28.6 Å². The number of rotatable bonds is 3. The molecule has 2 aromatic heterocycles. The van der Waals surface area contributed by atoms with Gasteiger partial charge >= 0.3 is 0 Å². The van der Waals surface area contributed by atoms with Gasteiger partial charge in [-0.3, -0.25) is 0 Å². The number of imidazole rings is 1. The quantitative estimate of drug-likeness (QED) is 0.722. The van der Waals surface area contributed by atoms with E-state index in [4.69, 9.17) is 21.1 Å². The highest BCUT2D eigenvalue weighted by Gasteiger charge is 2.14. The van der Waals surface area contributed by atoms with Gasteiger partial charge in [0, 0.05) is 6.54 Å². The van der Waals surface area contributed by atoms with Gasteiger partial charge in [0.25, 0.3) is 0 Å². The predicted octanol–water partition coefficient (Wildman–Crippen LogP) is 2.35. The van der Waals surface area contributed by atoms with Crippen LogP contribution in [0, 0.1) is 0 Å². The van der Waals surface area contributed by atoms with Crippen molar-refractivity contribution in [2.75, 3.05) is 12.1 Å². The van der Waals surface area contributed by atoms with Crippen molar-refractivity contribution in [3.05, 3.63) is 35.4 Å². The smallest absolute Gasteiger partial charge is 0.231 e. The lowest BCUT2D eigenvalue weighted by Crippen LogP contribution is -2.03. The third-order valence-electron chi connectivity index (χ3n) is 3.16. The highest BCUT2D eigenvalue weighted by atomic mass is 35.5. The topological polar surface area (TPSA) is 85.0 Å². The maximum atomic E-state index is 5.89. The number of halogens is 1. The largest absolute Gasteiger partial charge is 0.454 e. The van der Waals surface area contributed by atoms with Gasteiger partial charge in [-0.15, -0.1) is 0 Å². The van der Waals surface area contributed by atoms with E-state index >= 15 is 0 Å². The number of aromatic amines is 1. The van der Waals surface area contributed by atoms with Crippen molar-refractivity contribution in [3.63, 3.8) is 0 Å². The number of anilines is 1. The summed E-state index contributed by atoms with van der Waals surface area (Å²) in [5.74, 6) is 2.13. The Hall–Kier alpha value is -2.54. The van der Waals surface area contributed by atoms with Crippen LogP contribution in [0.1, 0.15) is 5.56 Å². The molecule has 8 heteroatoms. The van der Waals surface area contributed by atoms with E-state index in [-0.39, 0.29) is 12.1 Å². The Kier molecular flexibility index (Phi) is 2.78. The molecule has 3 aromatic rings. The van der Waals surface area contributed by atoms with Gasteiger partial charge in [-0.2, -0.15) is 9.97 Å². The number of benzene rings is 1. The fourth-order valence-corrected chi connectivity index (χ4v) is 2.34. The van der Waals surface area contributed by atoms with E-state index in [9.17, 15) is 0 Å². The van der Waals surface area contributed by atoms with Gasteiger partial charge in [-0.1, -0.05) is 6.07 Å². The maximum absolute atomic E-state index is 5.89. The fraction of sp³-hybridized carbons (Fsp3) is 0.154. The summed E-state index contributed by atoms with van der Waals surface area (Å²) >= 11 is 5.89. The average Bonchev–Trinajstić information content (AvgIpc) is 3.12. The van der Waals surface area contributed by atoms with Crippen molar-refractivity contribution < 1.29 is 9.47 Å². The van der Waals surface area contributed by atoms with Crippen LogP contribution in [0.2, 0.25) is 5.28 Å². The molecule has 0 amide bonds. The summed E-state index contributed by atoms with van der Waals surface area (Å²) in [4.78, 5) is 15.3. The van der Waals surface area contributed by atoms with Crippen LogP contribution in [0.25, 0.3) is 11.2 Å². The molecule has 0 saturated heterocycles. The number of hydrogen-bond acceptors (Lipinski definition) is 6. The van der Waals surface area contributed by atoms with Crippen LogP contribution in [0.3, 0.4) is 0 Å². The first-order valence-electron chi connectivity index (χ1n) is 6.28. The lowest BCUT2D eigenvalue weighted by Gasteiger charge is -2.07. The van der Waals surface area contributed by atoms with Gasteiger partial charge < -0.3 is 19.8 Å². The van der Waals surface area contributed by atoms with Gasteiger partial charge in [0.15, 0.2) is 23.0 Å². The predicted molar refractivity (Wildman–Crippen MR) is 76.6 cm³/mol. The number of H-pyrrole nitrogens is 1. The first-order valence-corrected chi connectivity index (χ1v) is 6.66. The number of nitrogens with one attached hydrogen (secondary N) is 2. The Labute approximate surface area is 124 Å². The monoisotopic (exact) mass is 303 g/mol. The zero-order valence-electron chi connectivity index (χ0n) is 10.8. The zero-order chi connectivity index (χ0) is 14.2. The number of hydrogen-bond donors (Lipinski definition) is 2. The first kappa shape index (κ1) is 12.2. The van der Waals surface area contributed by atoms with Gasteiger partial charge in [0.1, 0.15) is 5.52 Å². The summed E-state index contributed by atoms with van der Waals surface area (Å²) in [7, 11) is 0. The van der Waals surface area contributed by atoms with Gasteiger partial charge in [0.2, 0.25) is 12.1 Å². The summed E-state index contributed by atoms with van der Waals surface area (Å²) < 4.78 is 10.6. The van der Waals surface area contributed by atoms with Crippen molar-refractivity contribution in [2.45, 2.75) is 6.54 Å². The molecule has 0 spiro atoms. The number of aromatic nitrogens is 4. The Bertz CT molecular complexity index is 819. The van der Waals surface area contributed by atoms with E-state index in [2.05, 4.69) is 25.3 Å². The molecule has 0 saturated carbocycles. The van der Waals surface area contributed by atoms with Crippen LogP contribution >= 0.6 is 11.6 Å². The third kappa shape index (κ3) is 2.21. The average molecular weight is 304 g/mol. The molecular weight excluding hydrogens is 294 g/mol. The summed E-state index contributed by atoms with van der Waals surface area (Å²) in [6.45, 7) is 0.834. The molecule has 0 unspecified atom stereocenters. The highest BCUT2D eigenvalue weighted by Crippen LogP contribution is 2.32. The van der Waals surface area contributed by atoms with Crippen LogP contribution in [0.15, 0.2) is 24.5 Å². The van der Waals surface area contributed by atoms with Crippen molar-refractivity contribution in [3.8, 4) is 11.5 Å². The first-order chi connectivity index (χ1) is 10.3. The fourth-order valence-electron chi connectivity index (χ4n) is 2.17. The molecule has 2 N–H and O–H groups in total. The molecule has 0 radical (unpaired) electrons. The highest BCUT2D eigenvalue weighted by molar-refractivity contribution is 6.28. The molecule has 1 aliphatic heterocycles. The van der Waals surface area contributed by atoms with Crippen LogP contribution in [0.4, 0.5) is 5.82 Å². The minimum Gasteiger partial charge on any atom is -0.454 e. The molecule has 106 valence electrons. The van der Waals surface area contributed by atoms with Gasteiger partial charge in [-0.05, 0) is 29.3 Å². The third-order valence-corrected chi connectivity index (χ3v) is 3.32. The summed E-state index contributed by atoms with van der Waals surface area (Å²) in [6.07, 6.45) is 1.56. The molecule has 21 heavy (non-hydrogen) atoms. The Balaban J connectivity index is 1.59. The lowest BCUT2D eigenvalue weighted by atomic mass is 10.2. The van der Waals surface area contributed by atoms with E-state index in [1.807, 2.05) is 18.2 Å². The van der Waals surface area contributed by atoms with E-state index in [1.54, 1.807) is 6.33 Å². The van der Waals surface area contributed by atoms with Crippen molar-refractivity contribution in [1.82, 2.24) is 19.9 Å². The molecule has 0 atom stereocenters. The number of nitrogens with zero attached hydrogens (tertiary/aromatic N) is 3. The lowest BCUT2D eigenvalue weighted by molar-refractivity contribution is 0.174. The molecule has 0 aliphatic carbocycles. The van der Waals surface area contributed by atoms with E-state index in [0.717, 1.165) is 22.6 Å². The SMILES string of the molecule is Clc1nc(NCc2ccc3c(c2)OCO3)c2[nH]cnc2n1. The Morgan fingerprint density at radius 1 is 1.24 bits per heavy atom. The van der Waals surface area contributed by atoms with Crippen LogP contribution in [0.5, 0.6) is 11.5 Å². The molecule has 0 bridgehead atoms. The molecule has 0 fully saturated rings. The van der Waals surface area contributed by atoms with Gasteiger partial charge in [0.05, 0.1) is 6.33 Å².